The minimum absolute atomic E-state index is 0.240. The van der Waals surface area contributed by atoms with Gasteiger partial charge in [-0.1, -0.05) is 13.8 Å². The van der Waals surface area contributed by atoms with Gasteiger partial charge in [-0.3, -0.25) is 10.1 Å². The van der Waals surface area contributed by atoms with Gasteiger partial charge in [-0.05, 0) is 0 Å². The second-order valence-corrected chi connectivity index (χ2v) is 2.00. The minimum atomic E-state index is 0.240. The van der Waals surface area contributed by atoms with Crippen LogP contribution in [0.2, 0.25) is 0 Å². The monoisotopic (exact) mass is 144 g/mol. The summed E-state index contributed by atoms with van der Waals surface area (Å²) in [5, 5.41) is 3.07. The molecule has 0 aromatic rings. The highest BCUT2D eigenvalue weighted by molar-refractivity contribution is 5.76. The van der Waals surface area contributed by atoms with Crippen LogP contribution in [-0.2, 0) is 4.79 Å². The highest BCUT2D eigenvalue weighted by atomic mass is 16.2. The average Bonchev–Trinajstić information content (AvgIpc) is 2.00. The van der Waals surface area contributed by atoms with Gasteiger partial charge in [0.1, 0.15) is 0 Å². The predicted octanol–water partition coefficient (Wildman–Crippen LogP) is 0.422. The zero-order chi connectivity index (χ0) is 7.98. The molecule has 0 bridgehead atoms. The molecule has 1 amide bonds. The number of nitrogens with zero attached hydrogens (tertiary/aromatic N) is 1. The van der Waals surface area contributed by atoms with E-state index >= 15 is 0 Å². The summed E-state index contributed by atoms with van der Waals surface area (Å²) < 4.78 is 0. The summed E-state index contributed by atoms with van der Waals surface area (Å²) in [5.41, 5.74) is 0. The molecule has 1 aliphatic heterocycles. The maximum Gasteiger partial charge on any atom is 0.224 e. The van der Waals surface area contributed by atoms with Gasteiger partial charge in [-0.25, -0.2) is 0 Å². The lowest BCUT2D eigenvalue weighted by Crippen LogP contribution is -2.42. The molecule has 3 heteroatoms. The largest absolute Gasteiger partial charge is 0.333 e. The van der Waals surface area contributed by atoms with Gasteiger partial charge in [0.25, 0.3) is 0 Å². The fourth-order valence-corrected chi connectivity index (χ4v) is 0.721. The Kier molecular flexibility index (Phi) is 4.94. The third-order valence-electron chi connectivity index (χ3n) is 1.29. The van der Waals surface area contributed by atoms with Crippen molar-refractivity contribution in [3.8, 4) is 0 Å². The third kappa shape index (κ3) is 2.82. The molecule has 1 saturated heterocycles. The predicted molar refractivity (Wildman–Crippen MR) is 41.6 cm³/mol. The van der Waals surface area contributed by atoms with E-state index in [1.807, 2.05) is 13.8 Å². The normalized spacial score (nSPS) is 17.9. The summed E-state index contributed by atoms with van der Waals surface area (Å²) in [6, 6.07) is 0. The molecule has 0 saturated carbocycles. The molecule has 1 rings (SSSR count). The molecule has 0 aromatic heterocycles. The third-order valence-corrected chi connectivity index (χ3v) is 1.29. The Hall–Kier alpha value is -0.570. The highest BCUT2D eigenvalue weighted by Crippen LogP contribution is 1.92. The molecular weight excluding hydrogens is 128 g/mol. The van der Waals surface area contributed by atoms with Crippen molar-refractivity contribution in [1.82, 2.24) is 10.2 Å². The fourth-order valence-electron chi connectivity index (χ4n) is 0.721. The summed E-state index contributed by atoms with van der Waals surface area (Å²) in [5.74, 6) is 0.240. The molecule has 3 nitrogen and oxygen atoms in total. The first-order chi connectivity index (χ1) is 4.80. The van der Waals surface area contributed by atoms with E-state index in [1.54, 1.807) is 11.9 Å². The molecule has 0 unspecified atom stereocenters. The van der Waals surface area contributed by atoms with Crippen LogP contribution >= 0.6 is 0 Å². The molecule has 0 spiro atoms. The topological polar surface area (TPSA) is 32.3 Å². The fraction of sp³-hybridized carbons (Fsp3) is 0.857. The Balaban J connectivity index is 0.000000371. The average molecular weight is 144 g/mol. The zero-order valence-corrected chi connectivity index (χ0v) is 6.98. The van der Waals surface area contributed by atoms with Gasteiger partial charge in [-0.15, -0.1) is 0 Å². The second-order valence-electron chi connectivity index (χ2n) is 2.00. The van der Waals surface area contributed by atoms with Crippen LogP contribution in [0.5, 0.6) is 0 Å². The van der Waals surface area contributed by atoms with E-state index in [9.17, 15) is 4.79 Å². The summed E-state index contributed by atoms with van der Waals surface area (Å²) in [6.07, 6.45) is 0.649. The number of hydrogen-bond acceptors (Lipinski definition) is 2. The standard InChI is InChI=1S/C5H10N2O.C2H6/c1-7-4-6-3-2-5(7)8;1-2/h6H,2-4H2,1H3;1-2H3. The Labute approximate surface area is 62.4 Å². The molecule has 0 aliphatic carbocycles. The van der Waals surface area contributed by atoms with Crippen LogP contribution in [0.3, 0.4) is 0 Å². The lowest BCUT2D eigenvalue weighted by molar-refractivity contribution is -0.131. The van der Waals surface area contributed by atoms with E-state index in [-0.39, 0.29) is 5.91 Å². The smallest absolute Gasteiger partial charge is 0.224 e. The lowest BCUT2D eigenvalue weighted by atomic mass is 10.3. The lowest BCUT2D eigenvalue weighted by Gasteiger charge is -2.22. The van der Waals surface area contributed by atoms with Gasteiger partial charge < -0.3 is 4.90 Å². The minimum Gasteiger partial charge on any atom is -0.333 e. The summed E-state index contributed by atoms with van der Waals surface area (Å²) in [4.78, 5) is 12.4. The van der Waals surface area contributed by atoms with Crippen LogP contribution in [0.1, 0.15) is 20.3 Å². The van der Waals surface area contributed by atoms with Gasteiger partial charge in [-0.2, -0.15) is 0 Å². The molecule has 1 fully saturated rings. The Bertz CT molecular complexity index is 104. The molecule has 1 aliphatic rings. The highest BCUT2D eigenvalue weighted by Gasteiger charge is 2.11. The van der Waals surface area contributed by atoms with Gasteiger partial charge in [0.05, 0.1) is 6.67 Å². The van der Waals surface area contributed by atoms with Crippen LogP contribution in [0.4, 0.5) is 0 Å². The molecule has 60 valence electrons. The van der Waals surface area contributed by atoms with Crippen LogP contribution < -0.4 is 5.32 Å². The van der Waals surface area contributed by atoms with Gasteiger partial charge >= 0.3 is 0 Å². The van der Waals surface area contributed by atoms with E-state index < -0.39 is 0 Å². The molecule has 0 atom stereocenters. The molecule has 0 aromatic carbocycles. The first-order valence-electron chi connectivity index (χ1n) is 3.75. The zero-order valence-electron chi connectivity index (χ0n) is 6.98. The van der Waals surface area contributed by atoms with Crippen molar-refractivity contribution in [2.75, 3.05) is 20.3 Å². The first kappa shape index (κ1) is 9.43. The van der Waals surface area contributed by atoms with Crippen molar-refractivity contribution < 1.29 is 4.79 Å². The van der Waals surface area contributed by atoms with Crippen LogP contribution in [0.15, 0.2) is 0 Å². The van der Waals surface area contributed by atoms with E-state index in [0.717, 1.165) is 6.54 Å². The maximum absolute atomic E-state index is 10.7. The van der Waals surface area contributed by atoms with E-state index in [0.29, 0.717) is 13.1 Å². The summed E-state index contributed by atoms with van der Waals surface area (Å²) in [6.45, 7) is 5.54. The quantitative estimate of drug-likeness (QED) is 0.534. The van der Waals surface area contributed by atoms with E-state index in [2.05, 4.69) is 5.32 Å². The molecular formula is C7H16N2O. The van der Waals surface area contributed by atoms with Crippen molar-refractivity contribution in [3.05, 3.63) is 0 Å². The van der Waals surface area contributed by atoms with Crippen molar-refractivity contribution in [2.24, 2.45) is 0 Å². The van der Waals surface area contributed by atoms with Crippen molar-refractivity contribution in [1.29, 1.82) is 0 Å². The summed E-state index contributed by atoms with van der Waals surface area (Å²) in [7, 11) is 1.80. The molecule has 1 heterocycles. The van der Waals surface area contributed by atoms with Crippen molar-refractivity contribution in [3.63, 3.8) is 0 Å². The van der Waals surface area contributed by atoms with E-state index in [4.69, 9.17) is 0 Å². The van der Waals surface area contributed by atoms with Crippen molar-refractivity contribution in [2.45, 2.75) is 20.3 Å². The van der Waals surface area contributed by atoms with Crippen LogP contribution in [-0.4, -0.2) is 31.1 Å². The number of carbonyl (C=O) groups excluding carboxylic acids is 1. The van der Waals surface area contributed by atoms with E-state index in [1.165, 1.54) is 0 Å². The molecule has 1 N–H and O–H groups in total. The van der Waals surface area contributed by atoms with Gasteiger partial charge in [0, 0.05) is 20.0 Å². The van der Waals surface area contributed by atoms with Crippen molar-refractivity contribution >= 4 is 5.91 Å². The maximum atomic E-state index is 10.7. The second kappa shape index (κ2) is 5.23. The number of amides is 1. The number of carbonyl (C=O) groups is 1. The van der Waals surface area contributed by atoms with Gasteiger partial charge in [0.2, 0.25) is 5.91 Å². The number of hydrogen-bond donors (Lipinski definition) is 1. The Morgan fingerprint density at radius 1 is 1.50 bits per heavy atom. The SMILES string of the molecule is CC.CN1CNCCC1=O. The summed E-state index contributed by atoms with van der Waals surface area (Å²) >= 11 is 0. The van der Waals surface area contributed by atoms with Crippen LogP contribution in [0, 0.1) is 0 Å². The Morgan fingerprint density at radius 3 is 2.40 bits per heavy atom. The first-order valence-corrected chi connectivity index (χ1v) is 3.75. The van der Waals surface area contributed by atoms with Gasteiger partial charge in [0.15, 0.2) is 0 Å². The van der Waals surface area contributed by atoms with Crippen LogP contribution in [0.25, 0.3) is 0 Å². The number of rotatable bonds is 0. The Morgan fingerprint density at radius 2 is 2.10 bits per heavy atom. The molecule has 10 heavy (non-hydrogen) atoms. The molecule has 0 radical (unpaired) electrons. The number of nitrogens with one attached hydrogen (secondary N) is 1.